The molecule has 0 aromatic rings. The molecule has 0 heterocycles. The van der Waals surface area contributed by atoms with Crippen molar-refractivity contribution in [2.75, 3.05) is 19.6 Å². The van der Waals surface area contributed by atoms with Gasteiger partial charge in [0.15, 0.2) is 11.9 Å². The number of guanidine groups is 2. The van der Waals surface area contributed by atoms with Gasteiger partial charge in [-0.1, -0.05) is 20.3 Å². The molecule has 16 N–H and O–H groups in total. The molecule has 0 fully saturated rings. The van der Waals surface area contributed by atoms with Crippen molar-refractivity contribution < 1.29 is 24.3 Å². The lowest BCUT2D eigenvalue weighted by Gasteiger charge is -2.26. The summed E-state index contributed by atoms with van der Waals surface area (Å²) in [6.45, 7) is 4.40. The van der Waals surface area contributed by atoms with Crippen LogP contribution in [0.2, 0.25) is 0 Å². The Bertz CT molecular complexity index is 860. The van der Waals surface area contributed by atoms with Crippen LogP contribution in [0.1, 0.15) is 65.2 Å². The van der Waals surface area contributed by atoms with Crippen molar-refractivity contribution in [2.45, 2.75) is 89.4 Å². The molecular formula is C24H49N11O5. The van der Waals surface area contributed by atoms with E-state index in [9.17, 15) is 24.3 Å². The second-order valence-corrected chi connectivity index (χ2v) is 9.62. The molecule has 230 valence electrons. The Morgan fingerprint density at radius 3 is 1.70 bits per heavy atom. The fraction of sp³-hybridized carbons (Fsp3) is 0.750. The van der Waals surface area contributed by atoms with Gasteiger partial charge >= 0.3 is 5.97 Å². The number of aliphatic imine (C=N–C) groups is 2. The minimum atomic E-state index is -1.19. The number of amides is 3. The van der Waals surface area contributed by atoms with Crippen molar-refractivity contribution in [1.82, 2.24) is 16.0 Å². The summed E-state index contributed by atoms with van der Waals surface area (Å²) in [6, 6.07) is -4.16. The van der Waals surface area contributed by atoms with Gasteiger partial charge in [-0.25, -0.2) is 4.79 Å². The fourth-order valence-electron chi connectivity index (χ4n) is 3.67. The molecule has 0 aliphatic heterocycles. The summed E-state index contributed by atoms with van der Waals surface area (Å²) < 4.78 is 0. The monoisotopic (exact) mass is 571 g/mol. The van der Waals surface area contributed by atoms with Crippen molar-refractivity contribution >= 4 is 35.6 Å². The molecule has 0 saturated carbocycles. The largest absolute Gasteiger partial charge is 0.480 e. The molecule has 3 amide bonds. The highest BCUT2D eigenvalue weighted by atomic mass is 16.4. The summed E-state index contributed by atoms with van der Waals surface area (Å²) in [5.74, 6) is -3.56. The Labute approximate surface area is 235 Å². The number of hydrogen-bond donors (Lipinski definition) is 10. The van der Waals surface area contributed by atoms with Crippen LogP contribution in [0.4, 0.5) is 0 Å². The van der Waals surface area contributed by atoms with Crippen molar-refractivity contribution in [3.05, 3.63) is 0 Å². The Kier molecular flexibility index (Phi) is 18.4. The maximum absolute atomic E-state index is 13.3. The first kappa shape index (κ1) is 36.3. The maximum Gasteiger partial charge on any atom is 0.326 e. The average Bonchev–Trinajstić information content (AvgIpc) is 2.89. The number of nitrogens with zero attached hydrogens (tertiary/aromatic N) is 2. The van der Waals surface area contributed by atoms with Crippen LogP contribution in [0.15, 0.2) is 9.98 Å². The quantitative estimate of drug-likeness (QED) is 0.0379. The topological polar surface area (TPSA) is 305 Å². The predicted molar refractivity (Wildman–Crippen MR) is 154 cm³/mol. The lowest BCUT2D eigenvalue weighted by atomic mass is 9.98. The molecule has 0 aliphatic rings. The molecular weight excluding hydrogens is 522 g/mol. The lowest BCUT2D eigenvalue weighted by molar-refractivity contribution is -0.144. The van der Waals surface area contributed by atoms with Crippen LogP contribution in [0.3, 0.4) is 0 Å². The lowest BCUT2D eigenvalue weighted by Crippen LogP contribution is -2.57. The van der Waals surface area contributed by atoms with Gasteiger partial charge in [-0.3, -0.25) is 24.4 Å². The van der Waals surface area contributed by atoms with Gasteiger partial charge in [-0.05, 0) is 57.4 Å². The van der Waals surface area contributed by atoms with Gasteiger partial charge in [0.1, 0.15) is 18.1 Å². The van der Waals surface area contributed by atoms with Crippen molar-refractivity contribution in [3.8, 4) is 0 Å². The average molecular weight is 572 g/mol. The molecule has 0 radical (unpaired) electrons. The van der Waals surface area contributed by atoms with Crippen LogP contribution >= 0.6 is 0 Å². The Balaban J connectivity index is 5.64. The summed E-state index contributed by atoms with van der Waals surface area (Å²) >= 11 is 0. The van der Waals surface area contributed by atoms with Gasteiger partial charge in [-0.15, -0.1) is 0 Å². The van der Waals surface area contributed by atoms with E-state index in [4.69, 9.17) is 34.4 Å². The summed E-state index contributed by atoms with van der Waals surface area (Å²) in [5.41, 5.74) is 32.9. The van der Waals surface area contributed by atoms with Crippen LogP contribution in [-0.2, 0) is 19.2 Å². The number of carboxylic acid groups (broad SMARTS) is 1. The van der Waals surface area contributed by atoms with Crippen LogP contribution in [-0.4, -0.2) is 84.5 Å². The molecule has 0 bridgehead atoms. The first-order valence-electron chi connectivity index (χ1n) is 13.5. The zero-order valence-electron chi connectivity index (χ0n) is 23.6. The number of hydrogen-bond acceptors (Lipinski definition) is 8. The molecule has 0 aromatic heterocycles. The van der Waals surface area contributed by atoms with E-state index in [-0.39, 0.29) is 43.6 Å². The van der Waals surface area contributed by atoms with E-state index in [1.54, 1.807) is 6.92 Å². The molecule has 40 heavy (non-hydrogen) atoms. The van der Waals surface area contributed by atoms with E-state index in [0.717, 1.165) is 0 Å². The summed E-state index contributed by atoms with van der Waals surface area (Å²) in [5, 5.41) is 17.4. The summed E-state index contributed by atoms with van der Waals surface area (Å²) in [4.78, 5) is 58.6. The number of carbonyl (C=O) groups excluding carboxylic acids is 3. The fourth-order valence-corrected chi connectivity index (χ4v) is 3.67. The van der Waals surface area contributed by atoms with Crippen LogP contribution < -0.4 is 50.4 Å². The number of nitrogens with one attached hydrogen (secondary N) is 3. The smallest absolute Gasteiger partial charge is 0.326 e. The zero-order valence-corrected chi connectivity index (χ0v) is 23.6. The third-order valence-electron chi connectivity index (χ3n) is 6.24. The molecule has 0 saturated heterocycles. The second kappa shape index (κ2) is 20.3. The molecule has 0 rings (SSSR count). The summed E-state index contributed by atoms with van der Waals surface area (Å²) in [7, 11) is 0. The second-order valence-electron chi connectivity index (χ2n) is 9.62. The van der Waals surface area contributed by atoms with E-state index in [1.807, 2.05) is 6.92 Å². The molecule has 5 atom stereocenters. The van der Waals surface area contributed by atoms with Crippen molar-refractivity contribution in [1.29, 1.82) is 0 Å². The van der Waals surface area contributed by atoms with E-state index >= 15 is 0 Å². The molecule has 0 aromatic carbocycles. The van der Waals surface area contributed by atoms with E-state index in [2.05, 4.69) is 25.9 Å². The van der Waals surface area contributed by atoms with Gasteiger partial charge in [0.2, 0.25) is 17.7 Å². The number of carboxylic acids is 1. The minimum absolute atomic E-state index is 0.0645. The highest BCUT2D eigenvalue weighted by Gasteiger charge is 2.31. The molecule has 5 unspecified atom stereocenters. The predicted octanol–water partition coefficient (Wildman–Crippen LogP) is -2.87. The maximum atomic E-state index is 13.3. The van der Waals surface area contributed by atoms with Crippen molar-refractivity contribution in [3.63, 3.8) is 0 Å². The van der Waals surface area contributed by atoms with E-state index < -0.39 is 47.9 Å². The van der Waals surface area contributed by atoms with Gasteiger partial charge in [-0.2, -0.15) is 0 Å². The molecule has 0 spiro atoms. The van der Waals surface area contributed by atoms with E-state index in [0.29, 0.717) is 45.2 Å². The van der Waals surface area contributed by atoms with Crippen LogP contribution in [0.5, 0.6) is 0 Å². The number of aliphatic carboxylic acids is 1. The van der Waals surface area contributed by atoms with Gasteiger partial charge < -0.3 is 55.5 Å². The van der Waals surface area contributed by atoms with Crippen molar-refractivity contribution in [2.24, 2.45) is 50.3 Å². The third kappa shape index (κ3) is 15.7. The van der Waals surface area contributed by atoms with Crippen LogP contribution in [0, 0.1) is 5.92 Å². The normalized spacial score (nSPS) is 14.5. The van der Waals surface area contributed by atoms with Crippen LogP contribution in [0.25, 0.3) is 0 Å². The molecule has 0 aliphatic carbocycles. The molecule has 16 nitrogen and oxygen atoms in total. The number of nitrogens with two attached hydrogens (primary N) is 6. The molecule has 16 heteroatoms. The Hall–Kier alpha value is -3.66. The highest BCUT2D eigenvalue weighted by Crippen LogP contribution is 2.10. The third-order valence-corrected chi connectivity index (χ3v) is 6.24. The minimum Gasteiger partial charge on any atom is -0.480 e. The van der Waals surface area contributed by atoms with Gasteiger partial charge in [0.05, 0.1) is 6.04 Å². The highest BCUT2D eigenvalue weighted by molar-refractivity contribution is 5.94. The Morgan fingerprint density at radius 2 is 1.23 bits per heavy atom. The summed E-state index contributed by atoms with van der Waals surface area (Å²) in [6.07, 6.45) is 3.09. The number of unbranched alkanes of at least 4 members (excludes halogenated alkanes) is 1. The van der Waals surface area contributed by atoms with E-state index in [1.165, 1.54) is 0 Å². The SMILES string of the molecule is CCC(C)C(NC(=O)C(CCCN=C(N)N)NC(=O)C(CCCCN)NC(=O)C(N)CCCN=C(N)N)C(=O)O. The zero-order chi connectivity index (χ0) is 30.7. The van der Waals surface area contributed by atoms with Gasteiger partial charge in [0.25, 0.3) is 0 Å². The number of rotatable bonds is 21. The Morgan fingerprint density at radius 1 is 0.750 bits per heavy atom. The first-order chi connectivity index (χ1) is 18.8. The number of carbonyl (C=O) groups is 4. The van der Waals surface area contributed by atoms with Gasteiger partial charge in [0, 0.05) is 13.1 Å². The standard InChI is InChI=1S/C24H49N11O5/c1-3-14(2)18(22(39)40)35-21(38)17(10-7-13-32-24(29)30)34-20(37)16(9-4-5-11-25)33-19(36)15(26)8-6-12-31-23(27)28/h14-18H,3-13,25-26H2,1-2H3,(H,33,36)(H,34,37)(H,35,38)(H,39,40)(H4,27,28,31)(H4,29,30,32). The first-order valence-corrected chi connectivity index (χ1v) is 13.5.